The molecule has 3 nitrogen and oxygen atoms in total. The summed E-state index contributed by atoms with van der Waals surface area (Å²) >= 11 is 0. The van der Waals surface area contributed by atoms with Crippen LogP contribution in [-0.4, -0.2) is 43.0 Å². The van der Waals surface area contributed by atoms with Crippen molar-refractivity contribution in [3.63, 3.8) is 0 Å². The molecule has 0 radical (unpaired) electrons. The Morgan fingerprint density at radius 2 is 1.89 bits per heavy atom. The van der Waals surface area contributed by atoms with Crippen molar-refractivity contribution in [2.75, 3.05) is 39.0 Å². The Morgan fingerprint density at radius 3 is 2.50 bits per heavy atom. The van der Waals surface area contributed by atoms with Gasteiger partial charge in [0.25, 0.3) is 6.43 Å². The van der Waals surface area contributed by atoms with Crippen LogP contribution in [0.1, 0.15) is 17.6 Å². The predicted octanol–water partition coefficient (Wildman–Crippen LogP) is 1.95. The second-order valence-electron chi connectivity index (χ2n) is 4.84. The molecule has 0 spiro atoms. The Labute approximate surface area is 106 Å². The lowest BCUT2D eigenvalue weighted by Gasteiger charge is -2.32. The SMILES string of the molecule is CN1CCN(Cc2ccc(N)cc2C(F)F)CC1. The minimum atomic E-state index is -2.46. The first-order valence-corrected chi connectivity index (χ1v) is 6.13. The van der Waals surface area contributed by atoms with Crippen LogP contribution in [-0.2, 0) is 6.54 Å². The van der Waals surface area contributed by atoms with Gasteiger partial charge in [-0.2, -0.15) is 0 Å². The number of nitrogen functional groups attached to an aromatic ring is 1. The van der Waals surface area contributed by atoms with Gasteiger partial charge in [-0.05, 0) is 24.7 Å². The van der Waals surface area contributed by atoms with E-state index in [9.17, 15) is 8.78 Å². The number of nitrogens with two attached hydrogens (primary N) is 1. The number of hydrogen-bond acceptors (Lipinski definition) is 3. The second-order valence-corrected chi connectivity index (χ2v) is 4.84. The quantitative estimate of drug-likeness (QED) is 0.838. The molecule has 0 unspecified atom stereocenters. The standard InChI is InChI=1S/C13H19F2N3/c1-17-4-6-18(7-5-17)9-10-2-3-11(16)8-12(10)13(14)15/h2-3,8,13H,4-7,9,16H2,1H3. The first-order valence-electron chi connectivity index (χ1n) is 6.13. The van der Waals surface area contributed by atoms with E-state index in [1.54, 1.807) is 12.1 Å². The molecule has 0 aliphatic carbocycles. The summed E-state index contributed by atoms with van der Waals surface area (Å²) in [7, 11) is 2.07. The number of piperazine rings is 1. The monoisotopic (exact) mass is 255 g/mol. The van der Waals surface area contributed by atoms with E-state index in [1.807, 2.05) is 0 Å². The zero-order chi connectivity index (χ0) is 13.1. The van der Waals surface area contributed by atoms with Crippen LogP contribution in [0.15, 0.2) is 18.2 Å². The Hall–Kier alpha value is -1.20. The van der Waals surface area contributed by atoms with Crippen LogP contribution >= 0.6 is 0 Å². The van der Waals surface area contributed by atoms with Crippen LogP contribution in [0.25, 0.3) is 0 Å². The van der Waals surface area contributed by atoms with Crippen molar-refractivity contribution in [3.8, 4) is 0 Å². The largest absolute Gasteiger partial charge is 0.399 e. The number of rotatable bonds is 3. The van der Waals surface area contributed by atoms with Gasteiger partial charge in [0.1, 0.15) is 0 Å². The van der Waals surface area contributed by atoms with E-state index in [1.165, 1.54) is 6.07 Å². The van der Waals surface area contributed by atoms with E-state index in [2.05, 4.69) is 16.8 Å². The van der Waals surface area contributed by atoms with Gasteiger partial charge >= 0.3 is 0 Å². The maximum absolute atomic E-state index is 12.9. The summed E-state index contributed by atoms with van der Waals surface area (Å²) in [6, 6.07) is 4.79. The maximum Gasteiger partial charge on any atom is 0.264 e. The van der Waals surface area contributed by atoms with Crippen LogP contribution in [0.2, 0.25) is 0 Å². The fourth-order valence-electron chi connectivity index (χ4n) is 2.21. The van der Waals surface area contributed by atoms with Crippen LogP contribution in [0.4, 0.5) is 14.5 Å². The van der Waals surface area contributed by atoms with Crippen LogP contribution in [0, 0.1) is 0 Å². The van der Waals surface area contributed by atoms with Crippen molar-refractivity contribution < 1.29 is 8.78 Å². The summed E-state index contributed by atoms with van der Waals surface area (Å²) in [6.07, 6.45) is -2.46. The molecule has 2 N–H and O–H groups in total. The number of likely N-dealkylation sites (N-methyl/N-ethyl adjacent to an activating group) is 1. The molecule has 0 atom stereocenters. The van der Waals surface area contributed by atoms with E-state index in [0.29, 0.717) is 17.8 Å². The van der Waals surface area contributed by atoms with Crippen molar-refractivity contribution in [1.29, 1.82) is 0 Å². The smallest absolute Gasteiger partial charge is 0.264 e. The normalized spacial score (nSPS) is 18.4. The molecule has 1 aromatic carbocycles. The molecular formula is C13H19F2N3. The third kappa shape index (κ3) is 3.17. The van der Waals surface area contributed by atoms with Crippen LogP contribution in [0.5, 0.6) is 0 Å². The lowest BCUT2D eigenvalue weighted by atomic mass is 10.1. The van der Waals surface area contributed by atoms with Crippen molar-refractivity contribution in [2.24, 2.45) is 0 Å². The van der Waals surface area contributed by atoms with E-state index in [4.69, 9.17) is 5.73 Å². The van der Waals surface area contributed by atoms with Crippen molar-refractivity contribution in [3.05, 3.63) is 29.3 Å². The summed E-state index contributed by atoms with van der Waals surface area (Å²) in [5.74, 6) is 0. The van der Waals surface area contributed by atoms with Gasteiger partial charge in [0.15, 0.2) is 0 Å². The summed E-state index contributed by atoms with van der Waals surface area (Å²) in [6.45, 7) is 4.39. The first-order chi connectivity index (χ1) is 8.56. The molecule has 0 bridgehead atoms. The average molecular weight is 255 g/mol. The minimum Gasteiger partial charge on any atom is -0.399 e. The van der Waals surface area contributed by atoms with Crippen molar-refractivity contribution in [1.82, 2.24) is 9.80 Å². The second kappa shape index (κ2) is 5.63. The highest BCUT2D eigenvalue weighted by Gasteiger charge is 2.18. The lowest BCUT2D eigenvalue weighted by molar-refractivity contribution is 0.136. The summed E-state index contributed by atoms with van der Waals surface area (Å²) < 4.78 is 25.9. The van der Waals surface area contributed by atoms with Crippen LogP contribution < -0.4 is 5.73 Å². The topological polar surface area (TPSA) is 32.5 Å². The number of benzene rings is 1. The summed E-state index contributed by atoms with van der Waals surface area (Å²) in [5, 5.41) is 0. The fraction of sp³-hybridized carbons (Fsp3) is 0.538. The van der Waals surface area contributed by atoms with E-state index < -0.39 is 6.43 Å². The molecule has 1 aromatic rings. The third-order valence-corrected chi connectivity index (χ3v) is 3.39. The number of anilines is 1. The Bertz CT molecular complexity index is 401. The van der Waals surface area contributed by atoms with Gasteiger partial charge in [-0.1, -0.05) is 6.07 Å². The Balaban J connectivity index is 2.09. The number of nitrogens with zero attached hydrogens (tertiary/aromatic N) is 2. The van der Waals surface area contributed by atoms with Gasteiger partial charge in [0.05, 0.1) is 0 Å². The molecule has 2 rings (SSSR count). The molecule has 100 valence electrons. The van der Waals surface area contributed by atoms with Crippen LogP contribution in [0.3, 0.4) is 0 Å². The molecule has 1 heterocycles. The van der Waals surface area contributed by atoms with E-state index in [-0.39, 0.29) is 5.56 Å². The molecule has 1 aliphatic heterocycles. The van der Waals surface area contributed by atoms with Gasteiger partial charge < -0.3 is 10.6 Å². The minimum absolute atomic E-state index is 0.0638. The van der Waals surface area contributed by atoms with Crippen molar-refractivity contribution in [2.45, 2.75) is 13.0 Å². The Kier molecular flexibility index (Phi) is 4.14. The first kappa shape index (κ1) is 13.2. The summed E-state index contributed by atoms with van der Waals surface area (Å²) in [4.78, 5) is 4.45. The van der Waals surface area contributed by atoms with Gasteiger partial charge in [-0.3, -0.25) is 4.90 Å². The number of hydrogen-bond donors (Lipinski definition) is 1. The fourth-order valence-corrected chi connectivity index (χ4v) is 2.21. The molecule has 1 saturated heterocycles. The highest BCUT2D eigenvalue weighted by molar-refractivity contribution is 5.45. The third-order valence-electron chi connectivity index (χ3n) is 3.39. The zero-order valence-electron chi connectivity index (χ0n) is 10.6. The average Bonchev–Trinajstić information content (AvgIpc) is 2.34. The maximum atomic E-state index is 12.9. The summed E-state index contributed by atoms with van der Waals surface area (Å²) in [5.41, 5.74) is 6.71. The van der Waals surface area contributed by atoms with Gasteiger partial charge in [-0.15, -0.1) is 0 Å². The molecule has 5 heteroatoms. The van der Waals surface area contributed by atoms with E-state index >= 15 is 0 Å². The molecular weight excluding hydrogens is 236 g/mol. The number of alkyl halides is 2. The molecule has 1 fully saturated rings. The van der Waals surface area contributed by atoms with Gasteiger partial charge in [-0.25, -0.2) is 8.78 Å². The zero-order valence-corrected chi connectivity index (χ0v) is 10.6. The highest BCUT2D eigenvalue weighted by atomic mass is 19.3. The molecule has 18 heavy (non-hydrogen) atoms. The van der Waals surface area contributed by atoms with Gasteiger partial charge in [0, 0.05) is 44.0 Å². The predicted molar refractivity (Wildman–Crippen MR) is 68.6 cm³/mol. The van der Waals surface area contributed by atoms with Gasteiger partial charge in [0.2, 0.25) is 0 Å². The van der Waals surface area contributed by atoms with Crippen molar-refractivity contribution >= 4 is 5.69 Å². The number of halogens is 2. The molecule has 0 aromatic heterocycles. The Morgan fingerprint density at radius 1 is 1.22 bits per heavy atom. The van der Waals surface area contributed by atoms with E-state index in [0.717, 1.165) is 26.2 Å². The highest BCUT2D eigenvalue weighted by Crippen LogP contribution is 2.26. The molecule has 0 saturated carbocycles. The molecule has 0 amide bonds. The molecule has 1 aliphatic rings. The lowest BCUT2D eigenvalue weighted by Crippen LogP contribution is -2.44.